The number of hydrogen-bond donors (Lipinski definition) is 1. The standard InChI is InChI=1S/C20H30BFN2O3/c1-18(2)19(3,4)27-21(26-18)15-9-16(22)11-17(10-15)23-20(13-25-14-20)12-24-7-5-6-8-24/h9-11,23H,5-8,12-14H2,1-4H3. The summed E-state index contributed by atoms with van der Waals surface area (Å²) in [6.07, 6.45) is 2.51. The minimum Gasteiger partial charge on any atom is -0.399 e. The van der Waals surface area contributed by atoms with E-state index in [-0.39, 0.29) is 11.4 Å². The molecule has 27 heavy (non-hydrogen) atoms. The molecule has 7 heteroatoms. The molecule has 1 aromatic rings. The highest BCUT2D eigenvalue weighted by atomic mass is 19.1. The van der Waals surface area contributed by atoms with Crippen LogP contribution in [-0.2, 0) is 14.0 Å². The van der Waals surface area contributed by atoms with Crippen molar-refractivity contribution in [3.8, 4) is 0 Å². The number of anilines is 1. The summed E-state index contributed by atoms with van der Waals surface area (Å²) in [4.78, 5) is 2.46. The number of ether oxygens (including phenoxy) is 1. The van der Waals surface area contributed by atoms with Gasteiger partial charge in [-0.2, -0.15) is 0 Å². The Morgan fingerprint density at radius 3 is 2.22 bits per heavy atom. The van der Waals surface area contributed by atoms with Crippen molar-refractivity contribution in [1.29, 1.82) is 0 Å². The van der Waals surface area contributed by atoms with Crippen molar-refractivity contribution in [3.63, 3.8) is 0 Å². The van der Waals surface area contributed by atoms with Gasteiger partial charge in [-0.1, -0.05) is 0 Å². The summed E-state index contributed by atoms with van der Waals surface area (Å²) in [5.41, 5.74) is 0.410. The molecule has 0 amide bonds. The lowest BCUT2D eigenvalue weighted by Crippen LogP contribution is -2.62. The number of nitrogens with one attached hydrogen (secondary N) is 1. The first kappa shape index (κ1) is 19.2. The van der Waals surface area contributed by atoms with Gasteiger partial charge in [0.25, 0.3) is 0 Å². The van der Waals surface area contributed by atoms with Crippen LogP contribution in [0.15, 0.2) is 18.2 Å². The summed E-state index contributed by atoms with van der Waals surface area (Å²) in [6, 6.07) is 4.98. The third-order valence-corrected chi connectivity index (χ3v) is 6.34. The quantitative estimate of drug-likeness (QED) is 0.800. The van der Waals surface area contributed by atoms with Crippen LogP contribution in [0.25, 0.3) is 0 Å². The van der Waals surface area contributed by atoms with Gasteiger partial charge in [-0.15, -0.1) is 0 Å². The highest BCUT2D eigenvalue weighted by molar-refractivity contribution is 6.62. The second kappa shape index (κ2) is 6.73. The minimum absolute atomic E-state index is 0.147. The molecular weight excluding hydrogens is 346 g/mol. The lowest BCUT2D eigenvalue weighted by Gasteiger charge is -2.45. The van der Waals surface area contributed by atoms with Crippen LogP contribution in [0.2, 0.25) is 0 Å². The SMILES string of the molecule is CC1(C)OB(c2cc(F)cc(NC3(CN4CCCC4)COC3)c2)OC1(C)C. The minimum atomic E-state index is -0.571. The maximum Gasteiger partial charge on any atom is 0.495 e. The molecule has 1 aromatic carbocycles. The van der Waals surface area contributed by atoms with Gasteiger partial charge in [0.1, 0.15) is 5.82 Å². The van der Waals surface area contributed by atoms with Crippen LogP contribution in [0.1, 0.15) is 40.5 Å². The van der Waals surface area contributed by atoms with Crippen LogP contribution < -0.4 is 10.8 Å². The van der Waals surface area contributed by atoms with Gasteiger partial charge in [-0.3, -0.25) is 0 Å². The molecule has 0 spiro atoms. The van der Waals surface area contributed by atoms with Crippen LogP contribution in [0.3, 0.4) is 0 Å². The molecule has 148 valence electrons. The zero-order valence-corrected chi connectivity index (χ0v) is 16.8. The molecule has 3 aliphatic heterocycles. The Balaban J connectivity index is 1.52. The molecule has 0 atom stereocenters. The molecule has 3 fully saturated rings. The number of halogens is 1. The Morgan fingerprint density at radius 2 is 1.67 bits per heavy atom. The third-order valence-electron chi connectivity index (χ3n) is 6.34. The van der Waals surface area contributed by atoms with Crippen molar-refractivity contribution in [2.24, 2.45) is 0 Å². The Morgan fingerprint density at radius 1 is 1.04 bits per heavy atom. The lowest BCUT2D eigenvalue weighted by atomic mass is 9.78. The van der Waals surface area contributed by atoms with E-state index in [1.54, 1.807) is 6.07 Å². The van der Waals surface area contributed by atoms with Crippen molar-refractivity contribution < 1.29 is 18.4 Å². The summed E-state index contributed by atoms with van der Waals surface area (Å²) >= 11 is 0. The molecule has 5 nitrogen and oxygen atoms in total. The fraction of sp³-hybridized carbons (Fsp3) is 0.700. The number of likely N-dealkylation sites (tertiary alicyclic amines) is 1. The molecule has 4 rings (SSSR count). The van der Waals surface area contributed by atoms with E-state index in [2.05, 4.69) is 10.2 Å². The molecule has 3 saturated heterocycles. The van der Waals surface area contributed by atoms with E-state index in [0.717, 1.165) is 25.3 Å². The Bertz CT molecular complexity index is 686. The summed E-state index contributed by atoms with van der Waals surface area (Å²) < 4.78 is 32.1. The van der Waals surface area contributed by atoms with Crippen LogP contribution in [0.5, 0.6) is 0 Å². The van der Waals surface area contributed by atoms with Crippen molar-refractivity contribution in [2.75, 3.05) is 38.2 Å². The van der Waals surface area contributed by atoms with Crippen molar-refractivity contribution in [1.82, 2.24) is 4.90 Å². The lowest BCUT2D eigenvalue weighted by molar-refractivity contribution is -0.0535. The smallest absolute Gasteiger partial charge is 0.399 e. The summed E-state index contributed by atoms with van der Waals surface area (Å²) in [5.74, 6) is -0.290. The van der Waals surface area contributed by atoms with E-state index in [1.807, 2.05) is 33.8 Å². The number of rotatable bonds is 5. The molecule has 0 saturated carbocycles. The van der Waals surface area contributed by atoms with Gasteiger partial charge in [-0.05, 0) is 77.3 Å². The topological polar surface area (TPSA) is 43.0 Å². The van der Waals surface area contributed by atoms with Gasteiger partial charge in [0.15, 0.2) is 0 Å². The molecule has 0 aliphatic carbocycles. The van der Waals surface area contributed by atoms with E-state index < -0.39 is 18.3 Å². The fourth-order valence-electron chi connectivity index (χ4n) is 4.03. The molecule has 3 aliphatic rings. The van der Waals surface area contributed by atoms with Gasteiger partial charge < -0.3 is 24.3 Å². The first-order valence-corrected chi connectivity index (χ1v) is 9.93. The molecular formula is C20H30BFN2O3. The molecule has 3 heterocycles. The second-order valence-electron chi connectivity index (χ2n) is 9.24. The molecule has 0 bridgehead atoms. The average molecular weight is 376 g/mol. The molecule has 1 N–H and O–H groups in total. The predicted molar refractivity (Wildman–Crippen MR) is 105 cm³/mol. The van der Waals surface area contributed by atoms with Gasteiger partial charge in [0.05, 0.1) is 30.0 Å². The maximum absolute atomic E-state index is 14.4. The van der Waals surface area contributed by atoms with Crippen LogP contribution in [0, 0.1) is 5.82 Å². The van der Waals surface area contributed by atoms with Gasteiger partial charge in [0, 0.05) is 12.2 Å². The normalized spacial score (nSPS) is 26.2. The van der Waals surface area contributed by atoms with Crippen molar-refractivity contribution >= 4 is 18.3 Å². The Kier molecular flexibility index (Phi) is 4.78. The van der Waals surface area contributed by atoms with E-state index in [9.17, 15) is 4.39 Å². The van der Waals surface area contributed by atoms with Crippen LogP contribution in [0.4, 0.5) is 10.1 Å². The first-order chi connectivity index (χ1) is 12.7. The zero-order chi connectivity index (χ0) is 19.3. The largest absolute Gasteiger partial charge is 0.495 e. The summed E-state index contributed by atoms with van der Waals surface area (Å²) in [6.45, 7) is 12.5. The average Bonchev–Trinajstić information content (AvgIpc) is 3.10. The van der Waals surface area contributed by atoms with Gasteiger partial charge >= 0.3 is 7.12 Å². The zero-order valence-electron chi connectivity index (χ0n) is 16.8. The Labute approximate surface area is 161 Å². The van der Waals surface area contributed by atoms with Crippen molar-refractivity contribution in [2.45, 2.75) is 57.3 Å². The summed E-state index contributed by atoms with van der Waals surface area (Å²) in [5, 5.41) is 3.55. The highest BCUT2D eigenvalue weighted by Crippen LogP contribution is 2.36. The van der Waals surface area contributed by atoms with E-state index >= 15 is 0 Å². The number of benzene rings is 1. The van der Waals surface area contributed by atoms with Crippen LogP contribution >= 0.6 is 0 Å². The van der Waals surface area contributed by atoms with Gasteiger partial charge in [-0.25, -0.2) is 4.39 Å². The number of hydrogen-bond acceptors (Lipinski definition) is 5. The highest BCUT2D eigenvalue weighted by Gasteiger charge is 2.52. The molecule has 0 aromatic heterocycles. The first-order valence-electron chi connectivity index (χ1n) is 9.93. The summed E-state index contributed by atoms with van der Waals surface area (Å²) in [7, 11) is -0.571. The third kappa shape index (κ3) is 3.75. The van der Waals surface area contributed by atoms with E-state index in [4.69, 9.17) is 14.0 Å². The molecule has 0 unspecified atom stereocenters. The predicted octanol–water partition coefficient (Wildman–Crippen LogP) is 2.40. The Hall–Kier alpha value is -1.15. The van der Waals surface area contributed by atoms with Crippen LogP contribution in [-0.4, -0.2) is 61.6 Å². The van der Waals surface area contributed by atoms with E-state index in [1.165, 1.54) is 18.9 Å². The van der Waals surface area contributed by atoms with E-state index in [0.29, 0.717) is 18.7 Å². The fourth-order valence-corrected chi connectivity index (χ4v) is 4.03. The molecule has 0 radical (unpaired) electrons. The van der Waals surface area contributed by atoms with Crippen molar-refractivity contribution in [3.05, 3.63) is 24.0 Å². The number of nitrogens with zero attached hydrogens (tertiary/aromatic N) is 1. The van der Waals surface area contributed by atoms with Gasteiger partial charge in [0.2, 0.25) is 0 Å². The second-order valence-corrected chi connectivity index (χ2v) is 9.24. The monoisotopic (exact) mass is 376 g/mol. The maximum atomic E-state index is 14.4.